The van der Waals surface area contributed by atoms with Crippen LogP contribution >= 0.6 is 11.6 Å². The van der Waals surface area contributed by atoms with Crippen molar-refractivity contribution in [2.24, 2.45) is 0 Å². The van der Waals surface area contributed by atoms with Crippen LogP contribution in [0, 0.1) is 0 Å². The van der Waals surface area contributed by atoms with Crippen molar-refractivity contribution >= 4 is 11.6 Å². The number of hydrogen-bond donors (Lipinski definition) is 0. The molecule has 0 spiro atoms. The van der Waals surface area contributed by atoms with Gasteiger partial charge in [-0.2, -0.15) is 0 Å². The summed E-state index contributed by atoms with van der Waals surface area (Å²) in [5.74, 6) is 0. The first-order valence-corrected chi connectivity index (χ1v) is 8.27. The third kappa shape index (κ3) is 2.71. The van der Waals surface area contributed by atoms with Gasteiger partial charge in [-0.15, -0.1) is 11.6 Å². The summed E-state index contributed by atoms with van der Waals surface area (Å²) in [6, 6.07) is 2.45. The lowest BCUT2D eigenvalue weighted by atomic mass is 9.97. The number of rotatable bonds is 3. The Morgan fingerprint density at radius 3 is 2.44 bits per heavy atom. The van der Waals surface area contributed by atoms with E-state index in [2.05, 4.69) is 16.8 Å². The first-order valence-electron chi connectivity index (χ1n) is 7.84. The molecule has 2 nitrogen and oxygen atoms in total. The van der Waals surface area contributed by atoms with E-state index >= 15 is 0 Å². The largest absolute Gasteiger partial charge is 0.303 e. The molecule has 3 aliphatic heterocycles. The second kappa shape index (κ2) is 5.68. The quantitative estimate of drug-likeness (QED) is 0.727. The molecule has 3 heteroatoms. The Bertz CT molecular complexity index is 270. The normalized spacial score (nSPS) is 42.3. The van der Waals surface area contributed by atoms with Crippen LogP contribution in [0.25, 0.3) is 0 Å². The summed E-state index contributed by atoms with van der Waals surface area (Å²) in [4.78, 5) is 5.38. The fourth-order valence-corrected chi connectivity index (χ4v) is 4.79. The highest BCUT2D eigenvalue weighted by molar-refractivity contribution is 6.20. The Morgan fingerprint density at radius 2 is 1.78 bits per heavy atom. The van der Waals surface area contributed by atoms with Crippen molar-refractivity contribution in [1.82, 2.24) is 9.80 Å². The minimum atomic E-state index is 0.455. The van der Waals surface area contributed by atoms with Gasteiger partial charge in [0, 0.05) is 30.0 Å². The van der Waals surface area contributed by atoms with Gasteiger partial charge in [0.25, 0.3) is 0 Å². The van der Waals surface area contributed by atoms with E-state index in [-0.39, 0.29) is 0 Å². The maximum Gasteiger partial charge on any atom is 0.0365 e. The lowest BCUT2D eigenvalue weighted by Crippen LogP contribution is -2.46. The van der Waals surface area contributed by atoms with Crippen LogP contribution in [0.5, 0.6) is 0 Å². The third-order valence-electron chi connectivity index (χ3n) is 5.47. The predicted octanol–water partition coefficient (Wildman–Crippen LogP) is 3.10. The van der Waals surface area contributed by atoms with Crippen molar-refractivity contribution in [3.05, 3.63) is 0 Å². The summed E-state index contributed by atoms with van der Waals surface area (Å²) in [6.45, 7) is 2.62. The number of fused-ring (bicyclic) bond motifs is 2. The van der Waals surface area contributed by atoms with Gasteiger partial charge in [0.05, 0.1) is 0 Å². The molecular formula is C15H27ClN2. The van der Waals surface area contributed by atoms with E-state index in [0.29, 0.717) is 5.38 Å². The van der Waals surface area contributed by atoms with Crippen LogP contribution in [-0.4, -0.2) is 53.4 Å². The van der Waals surface area contributed by atoms with Crippen molar-refractivity contribution in [1.29, 1.82) is 0 Å². The second-order valence-corrected chi connectivity index (χ2v) is 7.23. The molecule has 3 heterocycles. The van der Waals surface area contributed by atoms with Gasteiger partial charge in [0.2, 0.25) is 0 Å². The molecule has 0 radical (unpaired) electrons. The monoisotopic (exact) mass is 270 g/mol. The summed E-state index contributed by atoms with van der Waals surface area (Å²) in [7, 11) is 2.31. The van der Waals surface area contributed by atoms with Gasteiger partial charge >= 0.3 is 0 Å². The molecule has 3 fully saturated rings. The lowest BCUT2D eigenvalue weighted by molar-refractivity contribution is 0.108. The zero-order chi connectivity index (χ0) is 12.5. The van der Waals surface area contributed by atoms with Crippen molar-refractivity contribution in [3.8, 4) is 0 Å². The molecule has 3 atom stereocenters. The average Bonchev–Trinajstić information content (AvgIpc) is 2.60. The molecule has 18 heavy (non-hydrogen) atoms. The standard InChI is InChI=1S/C15H27ClN2/c1-17-8-3-2-4-13(17)7-9-18-14-5-6-15(18)11-12(16)10-14/h12-15H,2-11H2,1H3. The molecule has 0 amide bonds. The zero-order valence-corrected chi connectivity index (χ0v) is 12.4. The molecule has 0 aromatic carbocycles. The van der Waals surface area contributed by atoms with Crippen LogP contribution in [0.4, 0.5) is 0 Å². The van der Waals surface area contributed by atoms with Gasteiger partial charge in [-0.05, 0) is 58.5 Å². The van der Waals surface area contributed by atoms with Crippen LogP contribution < -0.4 is 0 Å². The van der Waals surface area contributed by atoms with Crippen LogP contribution in [0.1, 0.15) is 51.4 Å². The highest BCUT2D eigenvalue weighted by Crippen LogP contribution is 2.38. The average molecular weight is 271 g/mol. The number of piperidine rings is 2. The maximum atomic E-state index is 6.35. The Labute approximate surface area is 117 Å². The molecule has 0 aliphatic carbocycles. The number of likely N-dealkylation sites (tertiary alicyclic amines) is 1. The fraction of sp³-hybridized carbons (Fsp3) is 1.00. The van der Waals surface area contributed by atoms with E-state index in [1.54, 1.807) is 0 Å². The van der Waals surface area contributed by atoms with Crippen molar-refractivity contribution < 1.29 is 0 Å². The fourth-order valence-electron chi connectivity index (χ4n) is 4.38. The van der Waals surface area contributed by atoms with Crippen molar-refractivity contribution in [3.63, 3.8) is 0 Å². The molecule has 0 N–H and O–H groups in total. The molecular weight excluding hydrogens is 244 g/mol. The highest BCUT2D eigenvalue weighted by atomic mass is 35.5. The van der Waals surface area contributed by atoms with E-state index in [1.165, 1.54) is 64.5 Å². The minimum absolute atomic E-state index is 0.455. The molecule has 3 unspecified atom stereocenters. The van der Waals surface area contributed by atoms with Crippen LogP contribution in [-0.2, 0) is 0 Å². The second-order valence-electron chi connectivity index (χ2n) is 6.61. The minimum Gasteiger partial charge on any atom is -0.303 e. The lowest BCUT2D eigenvalue weighted by Gasteiger charge is -2.39. The molecule has 0 aromatic heterocycles. The van der Waals surface area contributed by atoms with E-state index in [1.807, 2.05) is 0 Å². The van der Waals surface area contributed by atoms with Gasteiger partial charge < -0.3 is 4.90 Å². The topological polar surface area (TPSA) is 6.48 Å². The van der Waals surface area contributed by atoms with Gasteiger partial charge in [0.15, 0.2) is 0 Å². The SMILES string of the molecule is CN1CCCCC1CCN1C2CCC1CC(Cl)C2. The molecule has 104 valence electrons. The Hall–Kier alpha value is 0.210. The van der Waals surface area contributed by atoms with Gasteiger partial charge in [-0.1, -0.05) is 6.42 Å². The van der Waals surface area contributed by atoms with Crippen LogP contribution in [0.15, 0.2) is 0 Å². The molecule has 3 aliphatic rings. The highest BCUT2D eigenvalue weighted by Gasteiger charge is 2.39. The summed E-state index contributed by atoms with van der Waals surface area (Å²) >= 11 is 6.35. The Morgan fingerprint density at radius 1 is 1.06 bits per heavy atom. The van der Waals surface area contributed by atoms with Crippen LogP contribution in [0.2, 0.25) is 0 Å². The maximum absolute atomic E-state index is 6.35. The summed E-state index contributed by atoms with van der Waals surface area (Å²) in [6.07, 6.45) is 10.9. The molecule has 2 bridgehead atoms. The Kier molecular flexibility index (Phi) is 4.17. The molecule has 0 saturated carbocycles. The molecule has 0 aromatic rings. The molecule has 3 rings (SSSR count). The van der Waals surface area contributed by atoms with Gasteiger partial charge in [-0.25, -0.2) is 0 Å². The van der Waals surface area contributed by atoms with E-state index < -0.39 is 0 Å². The predicted molar refractivity (Wildman–Crippen MR) is 77.3 cm³/mol. The van der Waals surface area contributed by atoms with Gasteiger partial charge in [0.1, 0.15) is 0 Å². The van der Waals surface area contributed by atoms with Crippen molar-refractivity contribution in [2.75, 3.05) is 20.1 Å². The third-order valence-corrected chi connectivity index (χ3v) is 5.83. The van der Waals surface area contributed by atoms with Gasteiger partial charge in [-0.3, -0.25) is 4.90 Å². The number of halogens is 1. The summed E-state index contributed by atoms with van der Waals surface area (Å²) < 4.78 is 0. The first kappa shape index (κ1) is 13.2. The Balaban J connectivity index is 1.51. The first-order chi connectivity index (χ1) is 8.74. The number of hydrogen-bond acceptors (Lipinski definition) is 2. The van der Waals surface area contributed by atoms with E-state index in [4.69, 9.17) is 11.6 Å². The van der Waals surface area contributed by atoms with Crippen molar-refractivity contribution in [2.45, 2.75) is 74.9 Å². The zero-order valence-electron chi connectivity index (χ0n) is 11.7. The smallest absolute Gasteiger partial charge is 0.0365 e. The molecule has 3 saturated heterocycles. The number of alkyl halides is 1. The summed E-state index contributed by atoms with van der Waals surface area (Å²) in [5.41, 5.74) is 0. The van der Waals surface area contributed by atoms with E-state index in [9.17, 15) is 0 Å². The van der Waals surface area contributed by atoms with Crippen LogP contribution in [0.3, 0.4) is 0 Å². The van der Waals surface area contributed by atoms with E-state index in [0.717, 1.165) is 18.1 Å². The summed E-state index contributed by atoms with van der Waals surface area (Å²) in [5, 5.41) is 0.455. The number of nitrogens with zero attached hydrogens (tertiary/aromatic N) is 2.